The van der Waals surface area contributed by atoms with Crippen molar-refractivity contribution in [3.05, 3.63) is 5.82 Å². The Hall–Kier alpha value is -1.44. The summed E-state index contributed by atoms with van der Waals surface area (Å²) in [7, 11) is 0.816. The van der Waals surface area contributed by atoms with Crippen molar-refractivity contribution in [1.29, 1.82) is 0 Å². The van der Waals surface area contributed by atoms with Gasteiger partial charge >= 0.3 is 0 Å². The van der Waals surface area contributed by atoms with E-state index in [-0.39, 0.29) is 23.5 Å². The summed E-state index contributed by atoms with van der Waals surface area (Å²) in [6.45, 7) is 4.02. The van der Waals surface area contributed by atoms with Gasteiger partial charge in [0.25, 0.3) is 0 Å². The first-order valence-corrected chi connectivity index (χ1v) is 8.49. The van der Waals surface area contributed by atoms with Gasteiger partial charge in [-0.1, -0.05) is 13.8 Å². The summed E-state index contributed by atoms with van der Waals surface area (Å²) in [6.07, 6.45) is 0.600. The summed E-state index contributed by atoms with van der Waals surface area (Å²) in [5, 5.41) is 3.12. The van der Waals surface area contributed by atoms with Crippen molar-refractivity contribution in [2.45, 2.75) is 32.2 Å². The highest BCUT2D eigenvalue weighted by Gasteiger charge is 2.28. The Morgan fingerprint density at radius 2 is 1.95 bits per heavy atom. The third kappa shape index (κ3) is 3.56. The molecule has 0 aromatic carbocycles. The highest BCUT2D eigenvalue weighted by Crippen LogP contribution is 2.18. The van der Waals surface area contributed by atoms with E-state index in [2.05, 4.69) is 20.3 Å². The van der Waals surface area contributed by atoms with Crippen LogP contribution < -0.4 is 10.2 Å². The lowest BCUT2D eigenvalue weighted by molar-refractivity contribution is 0.602. The third-order valence-electron chi connectivity index (χ3n) is 3.12. The van der Waals surface area contributed by atoms with Gasteiger partial charge in [-0.3, -0.25) is 0 Å². The number of rotatable bonds is 4. The smallest absolute Gasteiger partial charge is 0.229 e. The van der Waals surface area contributed by atoms with E-state index in [0.717, 1.165) is 0 Å². The second kappa shape index (κ2) is 5.51. The van der Waals surface area contributed by atoms with Crippen LogP contribution in [0.2, 0.25) is 0 Å². The Kier molecular flexibility index (Phi) is 4.12. The topological polar surface area (TPSA) is 88.1 Å². The van der Waals surface area contributed by atoms with Crippen LogP contribution in [0, 0.1) is 0 Å². The molecule has 1 unspecified atom stereocenters. The molecule has 20 heavy (non-hydrogen) atoms. The van der Waals surface area contributed by atoms with Gasteiger partial charge in [0.15, 0.2) is 9.84 Å². The Balaban J connectivity index is 2.23. The average molecular weight is 299 g/mol. The van der Waals surface area contributed by atoms with Crippen molar-refractivity contribution in [3.63, 3.8) is 0 Å². The van der Waals surface area contributed by atoms with E-state index in [4.69, 9.17) is 0 Å². The first kappa shape index (κ1) is 15.0. The summed E-state index contributed by atoms with van der Waals surface area (Å²) in [4.78, 5) is 14.9. The quantitative estimate of drug-likeness (QED) is 0.873. The van der Waals surface area contributed by atoms with E-state index >= 15 is 0 Å². The zero-order chi connectivity index (χ0) is 14.9. The minimum atomic E-state index is -2.91. The fraction of sp³-hybridized carbons (Fsp3) is 0.750. The predicted molar refractivity (Wildman–Crippen MR) is 78.9 cm³/mol. The fourth-order valence-electron chi connectivity index (χ4n) is 1.99. The summed E-state index contributed by atoms with van der Waals surface area (Å²) >= 11 is 0. The second-order valence-electron chi connectivity index (χ2n) is 5.61. The molecule has 0 bridgehead atoms. The number of sulfone groups is 1. The molecule has 1 aromatic heterocycles. The summed E-state index contributed by atoms with van der Waals surface area (Å²) in [5.41, 5.74) is 0. The molecule has 0 spiro atoms. The molecule has 1 aliphatic rings. The first-order chi connectivity index (χ1) is 9.27. The molecule has 2 heterocycles. The normalized spacial score (nSPS) is 21.1. The Bertz CT molecular complexity index is 559. The standard InChI is InChI=1S/C12H21N5O2S/c1-8(2)10-14-11(16-12(15-10)17(3)4)13-9-5-6-20(18,19)7-9/h8-9H,5-7H2,1-4H3,(H,13,14,15,16). The molecule has 8 heteroatoms. The molecule has 1 fully saturated rings. The number of hydrogen-bond acceptors (Lipinski definition) is 7. The SMILES string of the molecule is CC(C)c1nc(NC2CCS(=O)(=O)C2)nc(N(C)C)n1. The number of nitrogens with zero attached hydrogens (tertiary/aromatic N) is 4. The maximum Gasteiger partial charge on any atom is 0.229 e. The van der Waals surface area contributed by atoms with Crippen molar-refractivity contribution in [2.75, 3.05) is 35.8 Å². The van der Waals surface area contributed by atoms with E-state index in [1.165, 1.54) is 0 Å². The molecule has 1 atom stereocenters. The number of anilines is 2. The van der Waals surface area contributed by atoms with Gasteiger partial charge in [-0.05, 0) is 6.42 Å². The largest absolute Gasteiger partial charge is 0.350 e. The van der Waals surface area contributed by atoms with Crippen LogP contribution >= 0.6 is 0 Å². The predicted octanol–water partition coefficient (Wildman–Crippen LogP) is 0.660. The lowest BCUT2D eigenvalue weighted by Crippen LogP contribution is -2.24. The van der Waals surface area contributed by atoms with Crippen LogP contribution in [-0.4, -0.2) is 55.0 Å². The van der Waals surface area contributed by atoms with Gasteiger partial charge in [0.05, 0.1) is 11.5 Å². The van der Waals surface area contributed by atoms with Crippen LogP contribution in [0.25, 0.3) is 0 Å². The van der Waals surface area contributed by atoms with Crippen LogP contribution in [0.4, 0.5) is 11.9 Å². The molecule has 0 aliphatic carbocycles. The molecular formula is C12H21N5O2S. The fourth-order valence-corrected chi connectivity index (χ4v) is 3.67. The van der Waals surface area contributed by atoms with Crippen LogP contribution in [-0.2, 0) is 9.84 Å². The molecule has 0 saturated carbocycles. The van der Waals surface area contributed by atoms with Gasteiger partial charge in [0.1, 0.15) is 5.82 Å². The van der Waals surface area contributed by atoms with Gasteiger partial charge in [-0.2, -0.15) is 15.0 Å². The molecule has 112 valence electrons. The Morgan fingerprint density at radius 1 is 1.25 bits per heavy atom. The Labute approximate surface area is 119 Å². The Morgan fingerprint density at radius 3 is 2.45 bits per heavy atom. The zero-order valence-corrected chi connectivity index (χ0v) is 13.1. The van der Waals surface area contributed by atoms with Crippen molar-refractivity contribution in [3.8, 4) is 0 Å². The molecule has 2 rings (SSSR count). The molecule has 0 amide bonds. The van der Waals surface area contributed by atoms with E-state index in [1.807, 2.05) is 32.8 Å². The lowest BCUT2D eigenvalue weighted by atomic mass is 10.2. The van der Waals surface area contributed by atoms with Gasteiger partial charge in [0.2, 0.25) is 11.9 Å². The third-order valence-corrected chi connectivity index (χ3v) is 4.89. The zero-order valence-electron chi connectivity index (χ0n) is 12.3. The molecular weight excluding hydrogens is 278 g/mol. The van der Waals surface area contributed by atoms with E-state index < -0.39 is 9.84 Å². The highest BCUT2D eigenvalue weighted by molar-refractivity contribution is 7.91. The van der Waals surface area contributed by atoms with Crippen molar-refractivity contribution >= 4 is 21.7 Å². The maximum absolute atomic E-state index is 11.5. The van der Waals surface area contributed by atoms with Crippen molar-refractivity contribution in [1.82, 2.24) is 15.0 Å². The number of nitrogens with one attached hydrogen (secondary N) is 1. The average Bonchev–Trinajstić information content (AvgIpc) is 2.68. The molecule has 1 saturated heterocycles. The minimum Gasteiger partial charge on any atom is -0.350 e. The number of aromatic nitrogens is 3. The second-order valence-corrected chi connectivity index (χ2v) is 7.84. The highest BCUT2D eigenvalue weighted by atomic mass is 32.2. The molecule has 1 aromatic rings. The van der Waals surface area contributed by atoms with Crippen molar-refractivity contribution < 1.29 is 8.42 Å². The maximum atomic E-state index is 11.5. The van der Waals surface area contributed by atoms with Gasteiger partial charge in [-0.15, -0.1) is 0 Å². The summed E-state index contributed by atoms with van der Waals surface area (Å²) in [6, 6.07) is -0.113. The lowest BCUT2D eigenvalue weighted by Gasteiger charge is -2.16. The van der Waals surface area contributed by atoms with E-state index in [1.54, 1.807) is 0 Å². The molecule has 7 nitrogen and oxygen atoms in total. The molecule has 1 aliphatic heterocycles. The van der Waals surface area contributed by atoms with Gasteiger partial charge in [-0.25, -0.2) is 8.42 Å². The van der Waals surface area contributed by atoms with Crippen LogP contribution in [0.3, 0.4) is 0 Å². The number of hydrogen-bond donors (Lipinski definition) is 1. The van der Waals surface area contributed by atoms with Crippen LogP contribution in [0.1, 0.15) is 32.0 Å². The monoisotopic (exact) mass is 299 g/mol. The summed E-state index contributed by atoms with van der Waals surface area (Å²) in [5.74, 6) is 2.29. The summed E-state index contributed by atoms with van der Waals surface area (Å²) < 4.78 is 23.0. The molecule has 0 radical (unpaired) electrons. The van der Waals surface area contributed by atoms with Gasteiger partial charge < -0.3 is 10.2 Å². The molecule has 1 N–H and O–H groups in total. The van der Waals surface area contributed by atoms with Crippen molar-refractivity contribution in [2.24, 2.45) is 0 Å². The van der Waals surface area contributed by atoms with Crippen LogP contribution in [0.15, 0.2) is 0 Å². The minimum absolute atomic E-state index is 0.113. The van der Waals surface area contributed by atoms with E-state index in [0.29, 0.717) is 24.1 Å². The first-order valence-electron chi connectivity index (χ1n) is 6.67. The van der Waals surface area contributed by atoms with E-state index in [9.17, 15) is 8.42 Å². The van der Waals surface area contributed by atoms with Crippen LogP contribution in [0.5, 0.6) is 0 Å². The van der Waals surface area contributed by atoms with Gasteiger partial charge in [0, 0.05) is 26.1 Å².